The molecule has 0 aliphatic carbocycles. The third kappa shape index (κ3) is 9.62. The second-order valence-electron chi connectivity index (χ2n) is 26.8. The molecule has 21 rings (SSSR count). The van der Waals surface area contributed by atoms with E-state index in [-0.39, 0.29) is 16.0 Å². The van der Waals surface area contributed by atoms with E-state index in [9.17, 15) is 5.41 Å². The lowest BCUT2D eigenvalue weighted by atomic mass is 9.99. The average Bonchev–Trinajstić information content (AvgIpc) is 1.52. The summed E-state index contributed by atoms with van der Waals surface area (Å²) in [6.45, 7) is 0. The number of hydrogen-bond donors (Lipinski definition) is 2. The number of allylic oxidation sites excluding steroid dienone is 2. The number of rotatable bonds is 14. The van der Waals surface area contributed by atoms with E-state index in [1.807, 2.05) is 64.7 Å². The molecule has 1 saturated heterocycles. The monoisotopic (exact) mass is 1410 g/mol. The highest BCUT2D eigenvalue weighted by atomic mass is 32.2. The van der Waals surface area contributed by atoms with Crippen LogP contribution in [0, 0.1) is 5.41 Å². The fraction of sp³-hybridized carbons (Fsp3) is 0.0667. The first-order chi connectivity index (χ1) is 51.5. The first-order valence-electron chi connectivity index (χ1n) is 35.1. The summed E-state index contributed by atoms with van der Waals surface area (Å²) in [5.41, 5.74) is 15.5. The molecular formula is C90H61N8O2S4+. The van der Waals surface area contributed by atoms with Crippen LogP contribution < -0.4 is 20.1 Å². The smallest absolute Gasteiger partial charge is 0.162 e. The Morgan fingerprint density at radius 3 is 1.65 bits per heavy atom. The average molecular weight is 1410 g/mol. The van der Waals surface area contributed by atoms with E-state index >= 15 is 0 Å². The van der Waals surface area contributed by atoms with E-state index in [0.717, 1.165) is 146 Å². The Morgan fingerprint density at radius 2 is 1.06 bits per heavy atom. The molecule has 0 spiro atoms. The summed E-state index contributed by atoms with van der Waals surface area (Å²) in [6, 6.07) is 94.8. The highest BCUT2D eigenvalue weighted by Gasteiger charge is 2.37. The molecule has 10 nitrogen and oxygen atoms in total. The predicted octanol–water partition coefficient (Wildman–Crippen LogP) is 24.3. The van der Waals surface area contributed by atoms with Crippen LogP contribution in [0.2, 0.25) is 0 Å². The van der Waals surface area contributed by atoms with Crippen molar-refractivity contribution in [1.82, 2.24) is 14.8 Å². The number of anilines is 6. The van der Waals surface area contributed by atoms with E-state index in [2.05, 4.69) is 296 Å². The van der Waals surface area contributed by atoms with Crippen molar-refractivity contribution in [2.24, 2.45) is 0 Å². The lowest BCUT2D eigenvalue weighted by Crippen LogP contribution is -2.34. The van der Waals surface area contributed by atoms with Gasteiger partial charge in [-0.15, -0.1) is 46.2 Å². The summed E-state index contributed by atoms with van der Waals surface area (Å²) in [5.74, 6) is 0. The number of furan rings is 2. The molecule has 3 unspecified atom stereocenters. The molecule has 0 amide bonds. The zero-order valence-electron chi connectivity index (χ0n) is 55.9. The fourth-order valence-electron chi connectivity index (χ4n) is 16.6. The molecule has 1 fully saturated rings. The van der Waals surface area contributed by atoms with Crippen molar-refractivity contribution in [1.29, 1.82) is 5.41 Å². The van der Waals surface area contributed by atoms with Gasteiger partial charge in [-0.2, -0.15) is 10.2 Å². The predicted molar refractivity (Wildman–Crippen MR) is 443 cm³/mol. The van der Waals surface area contributed by atoms with Crippen LogP contribution in [0.3, 0.4) is 0 Å². The number of nitrogens with two attached hydrogens (primary N) is 1. The first kappa shape index (κ1) is 60.9. The third-order valence-electron chi connectivity index (χ3n) is 21.1. The van der Waals surface area contributed by atoms with Crippen LogP contribution in [-0.4, -0.2) is 37.9 Å². The van der Waals surface area contributed by atoms with Gasteiger partial charge >= 0.3 is 0 Å². The lowest BCUT2D eigenvalue weighted by molar-refractivity contribution is -0.104. The Bertz CT molecular complexity index is 6660. The minimum atomic E-state index is -0.0343. The maximum atomic E-state index is 9.32. The number of aromatic nitrogens is 3. The minimum absolute atomic E-state index is 0.0311. The van der Waals surface area contributed by atoms with Gasteiger partial charge in [0.25, 0.3) is 0 Å². The maximum absolute atomic E-state index is 9.32. The number of nitrogens with one attached hydrogen (secondary N) is 1. The summed E-state index contributed by atoms with van der Waals surface area (Å²) < 4.78 is 21.1. The van der Waals surface area contributed by atoms with Gasteiger partial charge in [0.15, 0.2) is 6.21 Å². The van der Waals surface area contributed by atoms with Crippen LogP contribution in [0.25, 0.3) is 138 Å². The molecule has 19 aromatic rings. The van der Waals surface area contributed by atoms with E-state index < -0.39 is 0 Å². The van der Waals surface area contributed by atoms with Crippen molar-refractivity contribution < 1.29 is 14.2 Å². The first-order valence-corrected chi connectivity index (χ1v) is 38.5. The molecule has 14 heteroatoms. The van der Waals surface area contributed by atoms with E-state index in [4.69, 9.17) is 14.2 Å². The molecule has 496 valence electrons. The summed E-state index contributed by atoms with van der Waals surface area (Å²) in [7, 11) is 0. The highest BCUT2D eigenvalue weighted by Crippen LogP contribution is 2.58. The molecule has 8 heterocycles. The zero-order valence-corrected chi connectivity index (χ0v) is 59.1. The van der Waals surface area contributed by atoms with Crippen molar-refractivity contribution in [2.45, 2.75) is 35.3 Å². The van der Waals surface area contributed by atoms with Crippen LogP contribution in [0.4, 0.5) is 34.1 Å². The van der Waals surface area contributed by atoms with Crippen molar-refractivity contribution in [2.75, 3.05) is 14.7 Å². The standard InChI is InChI=1S/C90H60N8O2S4/c91-43-41-61(51-92)97(81-39-37-77(101-81)53-17-3-1-4-18-53)71-49-69-87(85-63-25-11-13-31-79(63)103-89(71)85)88-70(50-72(90-86(88)64-26-12-14-32-80(64)104-90)98(62-42-44-93-94-52-62)82-40-38-78(102-82)54-19-5-2-6-20-54)96(69)60-35-33-59(34-36-60)95(67-27-15-29-73-83(67)65-45-55-21-7-9-23-57(55)47-75(65)99-73)68-28-16-30-74-84(68)66-46-56-22-8-10-24-58(56)48-76(66)100-74/h1-36,38,41-52,77,81-82,91-92H,37,39-40H2/p+1/b61-41+,91-43?,92-51?. The zero-order chi connectivity index (χ0) is 68.7. The summed E-state index contributed by atoms with van der Waals surface area (Å²) in [6.07, 6.45) is 13.8. The highest BCUT2D eigenvalue weighted by molar-refractivity contribution is 8.09. The Kier molecular flexibility index (Phi) is 14.3. The van der Waals surface area contributed by atoms with Crippen molar-refractivity contribution in [3.63, 3.8) is 0 Å². The number of benzene rings is 13. The largest absolute Gasteiger partial charge is 0.456 e. The van der Waals surface area contributed by atoms with E-state index in [1.165, 1.54) is 68.7 Å². The second kappa shape index (κ2) is 24.5. The van der Waals surface area contributed by atoms with Gasteiger partial charge in [-0.3, -0.25) is 5.41 Å². The molecular weight excluding hydrogens is 1350 g/mol. The van der Waals surface area contributed by atoms with Gasteiger partial charge in [0, 0.05) is 86.3 Å². The summed E-state index contributed by atoms with van der Waals surface area (Å²) in [5, 5.41) is 40.7. The SMILES string of the molecule is N=C/C(=C\C=[NH2+])N(c1cc2c(c3c1sc1ccccc13)c1c3c(sc4ccccc43)c(N(c3ccnnc3)C3CC=C(c4ccccc4)S3)cc1n2-c1ccc(N(c2cccc3oc4cc5ccccc5cc4c23)c2cccc3oc4cc5ccccc5cc4c23)cc1)C1CCC(c2ccccc2)S1. The van der Waals surface area contributed by atoms with Crippen LogP contribution in [0.1, 0.15) is 35.6 Å². The van der Waals surface area contributed by atoms with Crippen LogP contribution in [0.15, 0.2) is 300 Å². The molecule has 3 N–H and O–H groups in total. The molecule has 0 radical (unpaired) electrons. The number of fused-ring (bicyclic) bond motifs is 19. The van der Waals surface area contributed by atoms with E-state index in [0.29, 0.717) is 0 Å². The molecule has 2 aliphatic rings. The number of thioether (sulfide) groups is 2. The molecule has 0 saturated carbocycles. The molecule has 6 aromatic heterocycles. The number of nitrogens with zero attached hydrogens (tertiary/aromatic N) is 6. The second-order valence-corrected chi connectivity index (χ2v) is 31.6. The quantitative estimate of drug-likeness (QED) is 0.103. The Morgan fingerprint density at radius 1 is 0.490 bits per heavy atom. The molecule has 104 heavy (non-hydrogen) atoms. The summed E-state index contributed by atoms with van der Waals surface area (Å²) >= 11 is 7.57. The van der Waals surface area contributed by atoms with Gasteiger partial charge in [-0.1, -0.05) is 164 Å². The van der Waals surface area contributed by atoms with Gasteiger partial charge in [0.1, 0.15) is 22.3 Å². The molecule has 3 atom stereocenters. The van der Waals surface area contributed by atoms with Crippen molar-refractivity contribution in [3.05, 3.63) is 302 Å². The Balaban J connectivity index is 0.866. The minimum Gasteiger partial charge on any atom is -0.456 e. The third-order valence-corrected chi connectivity index (χ3v) is 26.4. The molecule has 13 aromatic carbocycles. The number of hydrogen-bond acceptors (Lipinski definition) is 12. The van der Waals surface area contributed by atoms with Crippen molar-refractivity contribution in [3.8, 4) is 5.69 Å². The topological polar surface area (TPSA) is 116 Å². The Labute approximate surface area is 613 Å². The van der Waals surface area contributed by atoms with Crippen LogP contribution in [-0.2, 0) is 0 Å². The van der Waals surface area contributed by atoms with E-state index in [1.54, 1.807) is 6.21 Å². The van der Waals surface area contributed by atoms with Crippen LogP contribution >= 0.6 is 46.2 Å². The number of thiophene rings is 2. The van der Waals surface area contributed by atoms with Crippen molar-refractivity contribution >= 4 is 225 Å². The van der Waals surface area contributed by atoms with Gasteiger partial charge in [-0.25, -0.2) is 0 Å². The molecule has 2 aliphatic heterocycles. The fourth-order valence-corrected chi connectivity index (χ4v) is 22.0. The normalized spacial score (nSPS) is 15.8. The van der Waals surface area contributed by atoms with Crippen LogP contribution in [0.5, 0.6) is 0 Å². The Hall–Kier alpha value is -11.8. The van der Waals surface area contributed by atoms with Gasteiger partial charge in [0.2, 0.25) is 0 Å². The maximum Gasteiger partial charge on any atom is 0.162 e. The van der Waals surface area contributed by atoms with Gasteiger partial charge in [-0.05, 0) is 155 Å². The summed E-state index contributed by atoms with van der Waals surface area (Å²) in [4.78, 5) is 8.64. The van der Waals surface area contributed by atoms with Gasteiger partial charge in [0.05, 0.1) is 88.5 Å². The lowest BCUT2D eigenvalue weighted by Gasteiger charge is -2.32. The van der Waals surface area contributed by atoms with Gasteiger partial charge < -0.3 is 33.5 Å². The molecule has 0 bridgehead atoms.